The van der Waals surface area contributed by atoms with Crippen LogP contribution in [0.5, 0.6) is 0 Å². The van der Waals surface area contributed by atoms with E-state index in [2.05, 4.69) is 26.2 Å². The number of esters is 1. The third kappa shape index (κ3) is 3.81. The number of benzene rings is 1. The van der Waals surface area contributed by atoms with Crippen LogP contribution in [-0.2, 0) is 9.53 Å². The molecular weight excluding hydrogens is 320 g/mol. The normalized spacial score (nSPS) is 10.9. The second-order valence-electron chi connectivity index (χ2n) is 4.07. The average Bonchev–Trinajstić information content (AvgIpc) is 2.43. The summed E-state index contributed by atoms with van der Waals surface area (Å²) in [5.74, 6) is -0.325. The van der Waals surface area contributed by atoms with Crippen LogP contribution in [0.25, 0.3) is 10.9 Å². The summed E-state index contributed by atoms with van der Waals surface area (Å²) in [6.45, 7) is 2.71. The molecule has 1 aromatic heterocycles. The number of carbonyl (C=O) groups is 1. The maximum absolute atomic E-state index is 11.1. The second-order valence-corrected chi connectivity index (χ2v) is 4.98. The van der Waals surface area contributed by atoms with E-state index in [0.717, 1.165) is 21.1 Å². The number of nitrogens with one attached hydrogen (secondary N) is 1. The van der Waals surface area contributed by atoms with Crippen LogP contribution in [0.3, 0.4) is 0 Å². The number of rotatable bonds is 5. The van der Waals surface area contributed by atoms with Gasteiger partial charge in [-0.3, -0.25) is 4.98 Å². The first kappa shape index (κ1) is 14.5. The van der Waals surface area contributed by atoms with Gasteiger partial charge in [-0.25, -0.2) is 4.79 Å². The molecule has 5 heteroatoms. The van der Waals surface area contributed by atoms with E-state index < -0.39 is 0 Å². The number of para-hydroxylation sites is 1. The largest absolute Gasteiger partial charge is 0.463 e. The molecule has 0 spiro atoms. The molecule has 0 radical (unpaired) electrons. The third-order valence-electron chi connectivity index (χ3n) is 2.63. The van der Waals surface area contributed by atoms with Crippen LogP contribution in [0.2, 0.25) is 0 Å². The highest BCUT2D eigenvalue weighted by Crippen LogP contribution is 2.23. The van der Waals surface area contributed by atoms with Crippen LogP contribution >= 0.6 is 15.9 Å². The van der Waals surface area contributed by atoms with Gasteiger partial charge in [-0.1, -0.05) is 18.2 Å². The number of aromatic nitrogens is 1. The number of anilines is 1. The van der Waals surface area contributed by atoms with Gasteiger partial charge in [-0.05, 0) is 35.0 Å². The van der Waals surface area contributed by atoms with E-state index in [0.29, 0.717) is 13.2 Å². The summed E-state index contributed by atoms with van der Waals surface area (Å²) in [6, 6.07) is 7.95. The van der Waals surface area contributed by atoms with Gasteiger partial charge < -0.3 is 10.1 Å². The van der Waals surface area contributed by atoms with E-state index in [1.165, 1.54) is 6.08 Å². The Morgan fingerprint density at radius 2 is 2.35 bits per heavy atom. The molecule has 0 aliphatic rings. The molecule has 0 aliphatic carbocycles. The minimum absolute atomic E-state index is 0.325. The molecule has 20 heavy (non-hydrogen) atoms. The summed E-state index contributed by atoms with van der Waals surface area (Å²) in [7, 11) is 0. The van der Waals surface area contributed by atoms with Crippen molar-refractivity contribution in [3.8, 4) is 0 Å². The quantitative estimate of drug-likeness (QED) is 0.671. The Balaban J connectivity index is 2.05. The number of carbonyl (C=O) groups excluding carboxylic acids is 1. The summed E-state index contributed by atoms with van der Waals surface area (Å²) in [4.78, 5) is 15.5. The van der Waals surface area contributed by atoms with Crippen LogP contribution in [0.1, 0.15) is 6.92 Å². The maximum atomic E-state index is 11.1. The first-order valence-electron chi connectivity index (χ1n) is 6.32. The van der Waals surface area contributed by atoms with Crippen LogP contribution in [-0.4, -0.2) is 24.1 Å². The van der Waals surface area contributed by atoms with Gasteiger partial charge in [0, 0.05) is 28.7 Å². The molecule has 0 saturated heterocycles. The fraction of sp³-hybridized carbons (Fsp3) is 0.200. The lowest BCUT2D eigenvalue weighted by molar-refractivity contribution is -0.137. The molecular formula is C15H15BrN2O2. The van der Waals surface area contributed by atoms with Gasteiger partial charge >= 0.3 is 5.97 Å². The lowest BCUT2D eigenvalue weighted by Gasteiger charge is -2.07. The number of halogens is 1. The highest BCUT2D eigenvalue weighted by atomic mass is 79.9. The summed E-state index contributed by atoms with van der Waals surface area (Å²) < 4.78 is 5.75. The molecule has 0 aliphatic heterocycles. The molecule has 0 atom stereocenters. The first-order valence-corrected chi connectivity index (χ1v) is 7.11. The highest BCUT2D eigenvalue weighted by Gasteiger charge is 2.01. The standard InChI is InChI=1S/C15H15BrN2O2/c1-2-20-14(19)7-4-8-17-13-6-3-5-11-9-12(16)10-18-15(11)13/h3-7,9-10,17H,2,8H2,1H3/b7-4+. The van der Waals surface area contributed by atoms with Crippen LogP contribution < -0.4 is 5.32 Å². The molecule has 0 bridgehead atoms. The van der Waals surface area contributed by atoms with E-state index in [9.17, 15) is 4.79 Å². The number of hydrogen-bond donors (Lipinski definition) is 1. The van der Waals surface area contributed by atoms with Gasteiger partial charge in [0.25, 0.3) is 0 Å². The van der Waals surface area contributed by atoms with Crippen molar-refractivity contribution in [1.82, 2.24) is 4.98 Å². The minimum Gasteiger partial charge on any atom is -0.463 e. The van der Waals surface area contributed by atoms with Crippen molar-refractivity contribution in [1.29, 1.82) is 0 Å². The molecule has 0 saturated carbocycles. The predicted octanol–water partition coefficient (Wildman–Crippen LogP) is 3.53. The van der Waals surface area contributed by atoms with Crippen molar-refractivity contribution < 1.29 is 9.53 Å². The smallest absolute Gasteiger partial charge is 0.330 e. The van der Waals surface area contributed by atoms with Gasteiger partial charge in [-0.2, -0.15) is 0 Å². The molecule has 1 N–H and O–H groups in total. The monoisotopic (exact) mass is 334 g/mol. The number of nitrogens with zero attached hydrogens (tertiary/aromatic N) is 1. The minimum atomic E-state index is -0.325. The first-order chi connectivity index (χ1) is 9.70. The van der Waals surface area contributed by atoms with Crippen molar-refractivity contribution in [3.05, 3.63) is 47.1 Å². The van der Waals surface area contributed by atoms with Crippen LogP contribution in [0.15, 0.2) is 47.1 Å². The lowest BCUT2D eigenvalue weighted by atomic mass is 10.2. The zero-order chi connectivity index (χ0) is 14.4. The second kappa shape index (κ2) is 7.05. The van der Waals surface area contributed by atoms with Crippen molar-refractivity contribution in [3.63, 3.8) is 0 Å². The number of pyridine rings is 1. The Hall–Kier alpha value is -1.88. The summed E-state index contributed by atoms with van der Waals surface area (Å²) >= 11 is 3.41. The SMILES string of the molecule is CCOC(=O)/C=C/CNc1cccc2cc(Br)cnc12. The molecule has 1 aromatic carbocycles. The number of ether oxygens (including phenoxy) is 1. The van der Waals surface area contributed by atoms with Gasteiger partial charge in [0.1, 0.15) is 0 Å². The summed E-state index contributed by atoms with van der Waals surface area (Å²) in [5, 5.41) is 4.29. The summed E-state index contributed by atoms with van der Waals surface area (Å²) in [5.41, 5.74) is 1.84. The van der Waals surface area contributed by atoms with Gasteiger partial charge in [0.05, 0.1) is 17.8 Å². The van der Waals surface area contributed by atoms with Crippen LogP contribution in [0, 0.1) is 0 Å². The topological polar surface area (TPSA) is 51.2 Å². The molecule has 2 rings (SSSR count). The fourth-order valence-electron chi connectivity index (χ4n) is 1.79. The fourth-order valence-corrected chi connectivity index (χ4v) is 2.14. The molecule has 0 unspecified atom stereocenters. The highest BCUT2D eigenvalue weighted by molar-refractivity contribution is 9.10. The molecule has 4 nitrogen and oxygen atoms in total. The van der Waals surface area contributed by atoms with E-state index in [1.807, 2.05) is 24.3 Å². The zero-order valence-corrected chi connectivity index (χ0v) is 12.7. The molecule has 0 fully saturated rings. The average molecular weight is 335 g/mol. The van der Waals surface area contributed by atoms with Crippen molar-refractivity contribution in [2.24, 2.45) is 0 Å². The molecule has 104 valence electrons. The van der Waals surface area contributed by atoms with E-state index in [1.54, 1.807) is 19.2 Å². The van der Waals surface area contributed by atoms with Crippen molar-refractivity contribution in [2.45, 2.75) is 6.92 Å². The Bertz CT molecular complexity index is 641. The summed E-state index contributed by atoms with van der Waals surface area (Å²) in [6.07, 6.45) is 4.92. The Kier molecular flexibility index (Phi) is 5.12. The van der Waals surface area contributed by atoms with E-state index in [-0.39, 0.29) is 5.97 Å². The lowest BCUT2D eigenvalue weighted by Crippen LogP contribution is -2.03. The van der Waals surface area contributed by atoms with Crippen molar-refractivity contribution >= 4 is 38.5 Å². The third-order valence-corrected chi connectivity index (χ3v) is 3.06. The maximum Gasteiger partial charge on any atom is 0.330 e. The Morgan fingerprint density at radius 1 is 1.50 bits per heavy atom. The Morgan fingerprint density at radius 3 is 3.15 bits per heavy atom. The molecule has 0 amide bonds. The predicted molar refractivity (Wildman–Crippen MR) is 83.7 cm³/mol. The number of fused-ring (bicyclic) bond motifs is 1. The van der Waals surface area contributed by atoms with Crippen molar-refractivity contribution in [2.75, 3.05) is 18.5 Å². The number of hydrogen-bond acceptors (Lipinski definition) is 4. The van der Waals surface area contributed by atoms with Crippen LogP contribution in [0.4, 0.5) is 5.69 Å². The van der Waals surface area contributed by atoms with E-state index >= 15 is 0 Å². The Labute approximate surface area is 126 Å². The molecule has 1 heterocycles. The molecule has 2 aromatic rings. The van der Waals surface area contributed by atoms with E-state index in [4.69, 9.17) is 4.74 Å². The van der Waals surface area contributed by atoms with Gasteiger partial charge in [-0.15, -0.1) is 0 Å². The zero-order valence-electron chi connectivity index (χ0n) is 11.1. The van der Waals surface area contributed by atoms with Gasteiger partial charge in [0.2, 0.25) is 0 Å². The van der Waals surface area contributed by atoms with Gasteiger partial charge in [0.15, 0.2) is 0 Å².